The SMILES string of the molecule is C/C=C/c1ccc(-c2ccc(-c3ccc(/C=C/c4ccc(C5CO5)c(F)c4F)cc3)c(F)c2F)cc1. The van der Waals surface area contributed by atoms with Crippen LogP contribution in [0.4, 0.5) is 17.6 Å². The van der Waals surface area contributed by atoms with Crippen LogP contribution in [0.25, 0.3) is 40.5 Å². The molecule has 0 spiro atoms. The maximum atomic E-state index is 15.0. The molecule has 0 aromatic heterocycles. The van der Waals surface area contributed by atoms with E-state index in [1.165, 1.54) is 18.2 Å². The van der Waals surface area contributed by atoms with Crippen molar-refractivity contribution in [2.45, 2.75) is 13.0 Å². The highest BCUT2D eigenvalue weighted by Gasteiger charge is 2.29. The molecule has 0 saturated carbocycles. The van der Waals surface area contributed by atoms with Gasteiger partial charge in [0.1, 0.15) is 6.10 Å². The van der Waals surface area contributed by atoms with Crippen LogP contribution < -0.4 is 0 Å². The zero-order valence-corrected chi connectivity index (χ0v) is 19.4. The molecule has 180 valence electrons. The normalized spacial score (nSPS) is 15.2. The van der Waals surface area contributed by atoms with Gasteiger partial charge in [0, 0.05) is 22.3 Å². The Bertz CT molecular complexity index is 1460. The molecule has 1 heterocycles. The van der Waals surface area contributed by atoms with Gasteiger partial charge in [0.25, 0.3) is 0 Å². The minimum absolute atomic E-state index is 0.114. The topological polar surface area (TPSA) is 12.5 Å². The third-order valence-corrected chi connectivity index (χ3v) is 6.16. The summed E-state index contributed by atoms with van der Waals surface area (Å²) in [6.45, 7) is 2.31. The van der Waals surface area contributed by atoms with Gasteiger partial charge in [-0.25, -0.2) is 17.6 Å². The Hall–Kier alpha value is -3.96. The molecule has 1 atom stereocenters. The molecule has 5 rings (SSSR count). The fourth-order valence-corrected chi connectivity index (χ4v) is 4.11. The zero-order chi connectivity index (χ0) is 25.2. The Morgan fingerprint density at radius 3 is 1.64 bits per heavy atom. The predicted octanol–water partition coefficient (Wildman–Crippen LogP) is 8.85. The van der Waals surface area contributed by atoms with E-state index in [1.54, 1.807) is 54.6 Å². The fourth-order valence-electron chi connectivity index (χ4n) is 4.11. The van der Waals surface area contributed by atoms with E-state index in [1.807, 2.05) is 31.2 Å². The van der Waals surface area contributed by atoms with E-state index in [0.717, 1.165) is 5.56 Å². The number of benzene rings is 4. The monoisotopic (exact) mass is 486 g/mol. The molecule has 1 saturated heterocycles. The first-order valence-corrected chi connectivity index (χ1v) is 11.6. The average molecular weight is 487 g/mol. The molecular weight excluding hydrogens is 464 g/mol. The maximum absolute atomic E-state index is 15.0. The van der Waals surface area contributed by atoms with Crippen molar-refractivity contribution < 1.29 is 22.3 Å². The molecule has 5 heteroatoms. The van der Waals surface area contributed by atoms with Gasteiger partial charge in [0.15, 0.2) is 23.3 Å². The molecular formula is C31H22F4O. The molecule has 0 aliphatic carbocycles. The summed E-state index contributed by atoms with van der Waals surface area (Å²) in [6.07, 6.45) is 6.57. The van der Waals surface area contributed by atoms with Gasteiger partial charge in [0.2, 0.25) is 0 Å². The van der Waals surface area contributed by atoms with Crippen LogP contribution in [0.2, 0.25) is 0 Å². The quantitative estimate of drug-likeness (QED) is 0.151. The minimum Gasteiger partial charge on any atom is -0.368 e. The first-order chi connectivity index (χ1) is 17.5. The van der Waals surface area contributed by atoms with Crippen molar-refractivity contribution >= 4 is 18.2 Å². The number of ether oxygens (including phenoxy) is 1. The lowest BCUT2D eigenvalue weighted by atomic mass is 9.97. The number of allylic oxidation sites excluding steroid dienone is 1. The molecule has 1 unspecified atom stereocenters. The number of epoxide rings is 1. The Kier molecular flexibility index (Phi) is 6.57. The number of rotatable bonds is 6. The van der Waals surface area contributed by atoms with Crippen molar-refractivity contribution in [3.05, 3.63) is 124 Å². The van der Waals surface area contributed by atoms with Crippen molar-refractivity contribution in [2.75, 3.05) is 6.61 Å². The lowest BCUT2D eigenvalue weighted by Gasteiger charge is -2.10. The van der Waals surface area contributed by atoms with Crippen LogP contribution in [0, 0.1) is 23.3 Å². The maximum Gasteiger partial charge on any atom is 0.167 e. The van der Waals surface area contributed by atoms with Gasteiger partial charge in [-0.3, -0.25) is 0 Å². The van der Waals surface area contributed by atoms with Crippen LogP contribution >= 0.6 is 0 Å². The summed E-state index contributed by atoms with van der Waals surface area (Å²) in [7, 11) is 0. The second kappa shape index (κ2) is 9.96. The van der Waals surface area contributed by atoms with Crippen LogP contribution in [-0.4, -0.2) is 6.61 Å². The first-order valence-electron chi connectivity index (χ1n) is 11.6. The molecule has 0 N–H and O–H groups in total. The highest BCUT2D eigenvalue weighted by Crippen LogP contribution is 2.34. The molecule has 1 fully saturated rings. The summed E-state index contributed by atoms with van der Waals surface area (Å²) in [4.78, 5) is 0. The van der Waals surface area contributed by atoms with E-state index < -0.39 is 23.3 Å². The predicted molar refractivity (Wildman–Crippen MR) is 136 cm³/mol. The highest BCUT2D eigenvalue weighted by molar-refractivity contribution is 5.75. The fraction of sp³-hybridized carbons (Fsp3) is 0.0968. The second-order valence-electron chi connectivity index (χ2n) is 8.56. The van der Waals surface area contributed by atoms with Gasteiger partial charge < -0.3 is 4.74 Å². The van der Waals surface area contributed by atoms with E-state index in [4.69, 9.17) is 4.74 Å². The number of hydrogen-bond donors (Lipinski definition) is 0. The Morgan fingerprint density at radius 2 is 1.14 bits per heavy atom. The van der Waals surface area contributed by atoms with Gasteiger partial charge in [-0.15, -0.1) is 0 Å². The average Bonchev–Trinajstić information content (AvgIpc) is 3.73. The van der Waals surface area contributed by atoms with Crippen molar-refractivity contribution in [3.8, 4) is 22.3 Å². The highest BCUT2D eigenvalue weighted by atomic mass is 19.2. The Morgan fingerprint density at radius 1 is 0.611 bits per heavy atom. The first kappa shape index (κ1) is 23.8. The van der Waals surface area contributed by atoms with Crippen molar-refractivity contribution in [1.82, 2.24) is 0 Å². The van der Waals surface area contributed by atoms with E-state index >= 15 is 0 Å². The molecule has 0 radical (unpaired) electrons. The summed E-state index contributed by atoms with van der Waals surface area (Å²) in [5, 5.41) is 0. The minimum atomic E-state index is -0.926. The standard InChI is InChI=1S/C31H22F4O/c1-2-3-19-4-9-21(10-5-19)24-16-17-25(30(34)29(24)33)22-11-6-20(7-12-22)8-13-23-14-15-26(27-18-36-27)31(35)28(23)32/h2-17,27H,18H2,1H3/b3-2+,13-8+. The molecule has 36 heavy (non-hydrogen) atoms. The summed E-state index contributed by atoms with van der Waals surface area (Å²) >= 11 is 0. The Balaban J connectivity index is 1.36. The summed E-state index contributed by atoms with van der Waals surface area (Å²) < 4.78 is 63.6. The van der Waals surface area contributed by atoms with Crippen molar-refractivity contribution in [2.24, 2.45) is 0 Å². The van der Waals surface area contributed by atoms with Crippen molar-refractivity contribution in [3.63, 3.8) is 0 Å². The molecule has 1 nitrogen and oxygen atoms in total. The summed E-state index contributed by atoms with van der Waals surface area (Å²) in [5.74, 6) is -3.66. The van der Waals surface area contributed by atoms with Gasteiger partial charge in [0.05, 0.1) is 6.61 Å². The third kappa shape index (κ3) is 4.75. The lowest BCUT2D eigenvalue weighted by Crippen LogP contribution is -1.95. The smallest absolute Gasteiger partial charge is 0.167 e. The van der Waals surface area contributed by atoms with E-state index in [-0.39, 0.29) is 28.4 Å². The number of halogens is 4. The molecule has 4 aromatic carbocycles. The summed E-state index contributed by atoms with van der Waals surface area (Å²) in [5.41, 5.74) is 3.44. The van der Waals surface area contributed by atoms with E-state index in [0.29, 0.717) is 23.3 Å². The number of hydrogen-bond acceptors (Lipinski definition) is 1. The van der Waals surface area contributed by atoms with Crippen LogP contribution in [0.1, 0.15) is 35.3 Å². The van der Waals surface area contributed by atoms with Crippen LogP contribution in [0.15, 0.2) is 78.9 Å². The third-order valence-electron chi connectivity index (χ3n) is 6.16. The van der Waals surface area contributed by atoms with Crippen LogP contribution in [-0.2, 0) is 4.74 Å². The zero-order valence-electron chi connectivity index (χ0n) is 19.4. The lowest BCUT2D eigenvalue weighted by molar-refractivity contribution is 0.401. The largest absolute Gasteiger partial charge is 0.368 e. The van der Waals surface area contributed by atoms with Crippen LogP contribution in [0.3, 0.4) is 0 Å². The van der Waals surface area contributed by atoms with E-state index in [9.17, 15) is 17.6 Å². The molecule has 4 aromatic rings. The molecule has 0 bridgehead atoms. The van der Waals surface area contributed by atoms with Gasteiger partial charge in [-0.2, -0.15) is 0 Å². The second-order valence-corrected chi connectivity index (χ2v) is 8.56. The van der Waals surface area contributed by atoms with Gasteiger partial charge in [-0.1, -0.05) is 97.1 Å². The molecule has 1 aliphatic rings. The molecule has 0 amide bonds. The summed E-state index contributed by atoms with van der Waals surface area (Å²) in [6, 6.07) is 20.1. The van der Waals surface area contributed by atoms with E-state index in [2.05, 4.69) is 0 Å². The van der Waals surface area contributed by atoms with Gasteiger partial charge >= 0.3 is 0 Å². The van der Waals surface area contributed by atoms with Crippen LogP contribution in [0.5, 0.6) is 0 Å². The van der Waals surface area contributed by atoms with Gasteiger partial charge in [-0.05, 0) is 29.2 Å². The van der Waals surface area contributed by atoms with Crippen molar-refractivity contribution in [1.29, 1.82) is 0 Å². The molecule has 1 aliphatic heterocycles. The Labute approximate surface area is 207 Å².